The minimum atomic E-state index is -0.251. The molecule has 2 heterocycles. The van der Waals surface area contributed by atoms with E-state index in [0.29, 0.717) is 22.3 Å². The molecule has 1 aromatic carbocycles. The van der Waals surface area contributed by atoms with Crippen LogP contribution in [0.3, 0.4) is 0 Å². The number of benzene rings is 1. The predicted molar refractivity (Wildman–Crippen MR) is 109 cm³/mol. The van der Waals surface area contributed by atoms with Crippen LogP contribution in [0.25, 0.3) is 0 Å². The molecule has 27 heavy (non-hydrogen) atoms. The van der Waals surface area contributed by atoms with E-state index in [9.17, 15) is 4.79 Å². The van der Waals surface area contributed by atoms with Crippen molar-refractivity contribution in [2.45, 2.75) is 6.42 Å². The SMILES string of the molecule is O=C(NCCCN1CCN(c2ncccn2)CC1)Nc1ccc(Cl)c(Cl)c1. The third-order valence-corrected chi connectivity index (χ3v) is 5.06. The number of amides is 2. The Morgan fingerprint density at radius 3 is 2.52 bits per heavy atom. The number of carbonyl (C=O) groups is 1. The molecule has 1 aromatic heterocycles. The minimum absolute atomic E-state index is 0.251. The van der Waals surface area contributed by atoms with Crippen molar-refractivity contribution in [3.63, 3.8) is 0 Å². The number of hydrogen-bond donors (Lipinski definition) is 2. The molecule has 2 amide bonds. The summed E-state index contributed by atoms with van der Waals surface area (Å²) in [6.07, 6.45) is 4.42. The third kappa shape index (κ3) is 5.95. The van der Waals surface area contributed by atoms with Crippen LogP contribution >= 0.6 is 23.2 Å². The fourth-order valence-corrected chi connectivity index (χ4v) is 3.18. The number of nitrogens with zero attached hydrogens (tertiary/aromatic N) is 4. The lowest BCUT2D eigenvalue weighted by atomic mass is 10.3. The second kappa shape index (κ2) is 9.73. The molecule has 3 rings (SSSR count). The van der Waals surface area contributed by atoms with Crippen molar-refractivity contribution in [2.75, 3.05) is 49.5 Å². The van der Waals surface area contributed by atoms with Crippen LogP contribution in [0.2, 0.25) is 10.0 Å². The fourth-order valence-electron chi connectivity index (χ4n) is 2.88. The molecule has 9 heteroatoms. The van der Waals surface area contributed by atoms with E-state index in [0.717, 1.165) is 45.1 Å². The van der Waals surface area contributed by atoms with Crippen molar-refractivity contribution < 1.29 is 4.79 Å². The van der Waals surface area contributed by atoms with E-state index in [2.05, 4.69) is 30.4 Å². The summed E-state index contributed by atoms with van der Waals surface area (Å²) in [6.45, 7) is 5.30. The highest BCUT2D eigenvalue weighted by molar-refractivity contribution is 6.42. The number of rotatable bonds is 6. The van der Waals surface area contributed by atoms with Crippen LogP contribution in [0, 0.1) is 0 Å². The number of hydrogen-bond acceptors (Lipinski definition) is 5. The second-order valence-corrected chi connectivity index (χ2v) is 7.06. The predicted octanol–water partition coefficient (Wildman–Crippen LogP) is 3.12. The Bertz CT molecular complexity index is 753. The van der Waals surface area contributed by atoms with Crippen LogP contribution in [-0.4, -0.2) is 60.2 Å². The Morgan fingerprint density at radius 2 is 1.81 bits per heavy atom. The Kier molecular flexibility index (Phi) is 7.09. The second-order valence-electron chi connectivity index (χ2n) is 6.24. The highest BCUT2D eigenvalue weighted by atomic mass is 35.5. The molecule has 1 aliphatic rings. The van der Waals surface area contributed by atoms with E-state index in [4.69, 9.17) is 23.2 Å². The maximum absolute atomic E-state index is 11.9. The number of halogens is 2. The van der Waals surface area contributed by atoms with Gasteiger partial charge in [-0.25, -0.2) is 14.8 Å². The zero-order chi connectivity index (χ0) is 19.1. The van der Waals surface area contributed by atoms with Crippen molar-refractivity contribution in [2.24, 2.45) is 0 Å². The molecule has 0 saturated carbocycles. The molecular formula is C18H22Cl2N6O. The number of urea groups is 1. The molecular weight excluding hydrogens is 387 g/mol. The molecule has 2 aromatic rings. The van der Waals surface area contributed by atoms with Gasteiger partial charge in [0.25, 0.3) is 0 Å². The first-order valence-electron chi connectivity index (χ1n) is 8.86. The summed E-state index contributed by atoms with van der Waals surface area (Å²) < 4.78 is 0. The van der Waals surface area contributed by atoms with Gasteiger partial charge in [0.2, 0.25) is 5.95 Å². The van der Waals surface area contributed by atoms with Crippen molar-refractivity contribution in [3.05, 3.63) is 46.7 Å². The zero-order valence-corrected chi connectivity index (χ0v) is 16.4. The standard InChI is InChI=1S/C18H22Cl2N6O/c19-15-4-3-14(13-16(15)20)24-18(27)23-7-2-8-25-9-11-26(12-10-25)17-21-5-1-6-22-17/h1,3-6,13H,2,7-12H2,(H2,23,24,27). The van der Waals surface area contributed by atoms with Crippen LogP contribution < -0.4 is 15.5 Å². The molecule has 1 aliphatic heterocycles. The maximum Gasteiger partial charge on any atom is 0.319 e. The molecule has 0 bridgehead atoms. The average Bonchev–Trinajstić information content (AvgIpc) is 2.69. The molecule has 0 spiro atoms. The van der Waals surface area contributed by atoms with Gasteiger partial charge in [0, 0.05) is 50.8 Å². The molecule has 0 aliphatic carbocycles. The quantitative estimate of drug-likeness (QED) is 0.718. The Morgan fingerprint density at radius 1 is 1.07 bits per heavy atom. The lowest BCUT2D eigenvalue weighted by molar-refractivity contribution is 0.244. The Balaban J connectivity index is 1.31. The summed E-state index contributed by atoms with van der Waals surface area (Å²) in [5.41, 5.74) is 0.612. The van der Waals surface area contributed by atoms with Gasteiger partial charge in [-0.2, -0.15) is 0 Å². The summed E-state index contributed by atoms with van der Waals surface area (Å²) in [5, 5.41) is 6.47. The third-order valence-electron chi connectivity index (χ3n) is 4.32. The van der Waals surface area contributed by atoms with Gasteiger partial charge in [-0.3, -0.25) is 4.90 Å². The molecule has 144 valence electrons. The molecule has 2 N–H and O–H groups in total. The first-order valence-corrected chi connectivity index (χ1v) is 9.61. The van der Waals surface area contributed by atoms with Crippen LogP contribution in [-0.2, 0) is 0 Å². The van der Waals surface area contributed by atoms with Crippen LogP contribution in [0.4, 0.5) is 16.4 Å². The molecule has 0 radical (unpaired) electrons. The normalized spacial score (nSPS) is 14.8. The lowest BCUT2D eigenvalue weighted by Crippen LogP contribution is -2.47. The Labute approximate surface area is 168 Å². The van der Waals surface area contributed by atoms with Crippen LogP contribution in [0.1, 0.15) is 6.42 Å². The largest absolute Gasteiger partial charge is 0.338 e. The van der Waals surface area contributed by atoms with Gasteiger partial charge in [-0.1, -0.05) is 23.2 Å². The van der Waals surface area contributed by atoms with E-state index in [1.165, 1.54) is 0 Å². The maximum atomic E-state index is 11.9. The molecule has 0 unspecified atom stereocenters. The number of piperazine rings is 1. The lowest BCUT2D eigenvalue weighted by Gasteiger charge is -2.34. The van der Waals surface area contributed by atoms with Gasteiger partial charge >= 0.3 is 6.03 Å². The van der Waals surface area contributed by atoms with Crippen molar-refractivity contribution in [1.29, 1.82) is 0 Å². The summed E-state index contributed by atoms with van der Waals surface area (Å²) in [7, 11) is 0. The molecule has 0 atom stereocenters. The van der Waals surface area contributed by atoms with E-state index >= 15 is 0 Å². The highest BCUT2D eigenvalue weighted by Gasteiger charge is 2.18. The van der Waals surface area contributed by atoms with Gasteiger partial charge < -0.3 is 15.5 Å². The Hall–Kier alpha value is -2.09. The first-order chi connectivity index (χ1) is 13.1. The van der Waals surface area contributed by atoms with Gasteiger partial charge in [0.05, 0.1) is 10.0 Å². The van der Waals surface area contributed by atoms with Crippen LogP contribution in [0.15, 0.2) is 36.7 Å². The summed E-state index contributed by atoms with van der Waals surface area (Å²) in [5.74, 6) is 0.790. The molecule has 7 nitrogen and oxygen atoms in total. The summed E-state index contributed by atoms with van der Waals surface area (Å²) in [6, 6.07) is 6.56. The van der Waals surface area contributed by atoms with Gasteiger partial charge in [0.15, 0.2) is 0 Å². The van der Waals surface area contributed by atoms with Gasteiger partial charge in [0.1, 0.15) is 0 Å². The number of nitrogens with one attached hydrogen (secondary N) is 2. The van der Waals surface area contributed by atoms with Crippen molar-refractivity contribution in [1.82, 2.24) is 20.2 Å². The van der Waals surface area contributed by atoms with Gasteiger partial charge in [-0.15, -0.1) is 0 Å². The smallest absolute Gasteiger partial charge is 0.319 e. The highest BCUT2D eigenvalue weighted by Crippen LogP contribution is 2.24. The monoisotopic (exact) mass is 408 g/mol. The minimum Gasteiger partial charge on any atom is -0.338 e. The zero-order valence-electron chi connectivity index (χ0n) is 14.9. The number of carbonyl (C=O) groups excluding carboxylic acids is 1. The van der Waals surface area contributed by atoms with E-state index < -0.39 is 0 Å². The van der Waals surface area contributed by atoms with E-state index in [1.807, 2.05) is 6.07 Å². The molecule has 1 fully saturated rings. The summed E-state index contributed by atoms with van der Waals surface area (Å²) in [4.78, 5) is 25.1. The fraction of sp³-hybridized carbons (Fsp3) is 0.389. The number of aromatic nitrogens is 2. The summed E-state index contributed by atoms with van der Waals surface area (Å²) >= 11 is 11.8. The molecule has 1 saturated heterocycles. The van der Waals surface area contributed by atoms with Crippen molar-refractivity contribution in [3.8, 4) is 0 Å². The van der Waals surface area contributed by atoms with E-state index in [-0.39, 0.29) is 6.03 Å². The van der Waals surface area contributed by atoms with E-state index in [1.54, 1.807) is 30.6 Å². The number of anilines is 2. The van der Waals surface area contributed by atoms with Gasteiger partial charge in [-0.05, 0) is 37.2 Å². The van der Waals surface area contributed by atoms with Crippen molar-refractivity contribution >= 4 is 40.9 Å². The first kappa shape index (κ1) is 19.7. The van der Waals surface area contributed by atoms with Crippen LogP contribution in [0.5, 0.6) is 0 Å². The average molecular weight is 409 g/mol. The topological polar surface area (TPSA) is 73.4 Å².